The first-order chi connectivity index (χ1) is 15.1. The van der Waals surface area contributed by atoms with E-state index in [0.717, 1.165) is 16.0 Å². The SMILES string of the molecule is COc1ccccc1CN(Cc1cccs1)C(=O)c1cc(C)c(C)c(S(=O)(=O)N(C)C)c1. The number of carbonyl (C=O) groups is 1. The van der Waals surface area contributed by atoms with Crippen LogP contribution in [0.1, 0.15) is 31.9 Å². The minimum Gasteiger partial charge on any atom is -0.496 e. The molecule has 3 rings (SSSR count). The van der Waals surface area contributed by atoms with Crippen LogP contribution in [0.15, 0.2) is 58.8 Å². The van der Waals surface area contributed by atoms with Crippen molar-refractivity contribution < 1.29 is 17.9 Å². The molecule has 0 spiro atoms. The van der Waals surface area contributed by atoms with E-state index in [1.165, 1.54) is 24.5 Å². The number of benzene rings is 2. The van der Waals surface area contributed by atoms with Crippen molar-refractivity contribution in [3.8, 4) is 5.75 Å². The zero-order valence-electron chi connectivity index (χ0n) is 19.0. The molecule has 0 N–H and O–H groups in total. The number of methoxy groups -OCH3 is 1. The van der Waals surface area contributed by atoms with Gasteiger partial charge in [-0.15, -0.1) is 11.3 Å². The number of carbonyl (C=O) groups excluding carboxylic acids is 1. The Labute approximate surface area is 194 Å². The highest BCUT2D eigenvalue weighted by Crippen LogP contribution is 2.27. The Bertz CT molecular complexity index is 1200. The summed E-state index contributed by atoms with van der Waals surface area (Å²) in [5.74, 6) is 0.468. The van der Waals surface area contributed by atoms with E-state index in [9.17, 15) is 13.2 Å². The van der Waals surface area contributed by atoms with Crippen LogP contribution in [0.4, 0.5) is 0 Å². The fourth-order valence-corrected chi connectivity index (χ4v) is 5.36. The van der Waals surface area contributed by atoms with Gasteiger partial charge >= 0.3 is 0 Å². The number of ether oxygens (including phenoxy) is 1. The summed E-state index contributed by atoms with van der Waals surface area (Å²) in [6.07, 6.45) is 0. The predicted octanol–water partition coefficient (Wildman–Crippen LogP) is 4.47. The van der Waals surface area contributed by atoms with Gasteiger partial charge in [0.15, 0.2) is 0 Å². The van der Waals surface area contributed by atoms with Crippen LogP contribution in [0.5, 0.6) is 5.75 Å². The number of aryl methyl sites for hydroxylation is 1. The van der Waals surface area contributed by atoms with Gasteiger partial charge in [0.05, 0.1) is 25.1 Å². The number of rotatable bonds is 8. The summed E-state index contributed by atoms with van der Waals surface area (Å²) in [5, 5.41) is 1.97. The van der Waals surface area contributed by atoms with E-state index in [-0.39, 0.29) is 10.8 Å². The highest BCUT2D eigenvalue weighted by molar-refractivity contribution is 7.89. The van der Waals surface area contributed by atoms with Crippen molar-refractivity contribution in [1.29, 1.82) is 0 Å². The van der Waals surface area contributed by atoms with Gasteiger partial charge < -0.3 is 9.64 Å². The summed E-state index contributed by atoms with van der Waals surface area (Å²) in [5.41, 5.74) is 2.62. The van der Waals surface area contributed by atoms with Crippen LogP contribution < -0.4 is 4.74 Å². The summed E-state index contributed by atoms with van der Waals surface area (Å²) in [7, 11) is 0.895. The monoisotopic (exact) mass is 472 g/mol. The number of hydrogen-bond acceptors (Lipinski definition) is 5. The lowest BCUT2D eigenvalue weighted by molar-refractivity contribution is 0.0730. The number of nitrogens with zero attached hydrogens (tertiary/aromatic N) is 2. The molecule has 0 aliphatic heterocycles. The van der Waals surface area contributed by atoms with Gasteiger partial charge in [-0.05, 0) is 54.6 Å². The third-order valence-electron chi connectivity index (χ3n) is 5.39. The lowest BCUT2D eigenvalue weighted by Gasteiger charge is -2.24. The Morgan fingerprint density at radius 1 is 1.03 bits per heavy atom. The van der Waals surface area contributed by atoms with E-state index in [4.69, 9.17) is 4.74 Å². The first-order valence-electron chi connectivity index (χ1n) is 10.1. The molecule has 0 aliphatic carbocycles. The molecule has 1 heterocycles. The van der Waals surface area contributed by atoms with Gasteiger partial charge in [0.2, 0.25) is 10.0 Å². The molecular weight excluding hydrogens is 444 g/mol. The summed E-state index contributed by atoms with van der Waals surface area (Å²) < 4.78 is 32.4. The Morgan fingerprint density at radius 2 is 1.75 bits per heavy atom. The highest BCUT2D eigenvalue weighted by Gasteiger charge is 2.25. The summed E-state index contributed by atoms with van der Waals surface area (Å²) in [6, 6.07) is 14.8. The van der Waals surface area contributed by atoms with Crippen LogP contribution in [0.25, 0.3) is 0 Å². The van der Waals surface area contributed by atoms with Crippen LogP contribution in [-0.4, -0.2) is 44.7 Å². The second kappa shape index (κ2) is 9.85. The minimum absolute atomic E-state index is 0.152. The molecule has 32 heavy (non-hydrogen) atoms. The van der Waals surface area contributed by atoms with E-state index in [2.05, 4.69) is 0 Å². The number of thiophene rings is 1. The molecule has 0 radical (unpaired) electrons. The quantitative estimate of drug-likeness (QED) is 0.485. The Balaban J connectivity index is 2.05. The predicted molar refractivity (Wildman–Crippen MR) is 128 cm³/mol. The maximum atomic E-state index is 13.7. The first-order valence-corrected chi connectivity index (χ1v) is 12.4. The van der Waals surface area contributed by atoms with E-state index >= 15 is 0 Å². The van der Waals surface area contributed by atoms with Crippen LogP contribution in [0.3, 0.4) is 0 Å². The van der Waals surface area contributed by atoms with Crippen molar-refractivity contribution in [3.05, 3.63) is 81.0 Å². The molecule has 3 aromatic rings. The van der Waals surface area contributed by atoms with Crippen molar-refractivity contribution in [2.75, 3.05) is 21.2 Å². The molecular formula is C24H28N2O4S2. The summed E-state index contributed by atoms with van der Waals surface area (Å²) >= 11 is 1.57. The molecule has 1 aromatic heterocycles. The van der Waals surface area contributed by atoms with Gasteiger partial charge in [-0.1, -0.05) is 24.3 Å². The molecule has 170 valence electrons. The van der Waals surface area contributed by atoms with Crippen LogP contribution in [0.2, 0.25) is 0 Å². The van der Waals surface area contributed by atoms with Crippen LogP contribution in [-0.2, 0) is 23.1 Å². The average Bonchev–Trinajstić information content (AvgIpc) is 3.27. The Morgan fingerprint density at radius 3 is 2.38 bits per heavy atom. The second-order valence-electron chi connectivity index (χ2n) is 7.76. The van der Waals surface area contributed by atoms with Crippen molar-refractivity contribution in [1.82, 2.24) is 9.21 Å². The smallest absolute Gasteiger partial charge is 0.254 e. The fraction of sp³-hybridized carbons (Fsp3) is 0.292. The third kappa shape index (κ3) is 5.03. The molecule has 0 saturated carbocycles. The van der Waals surface area contributed by atoms with Gasteiger partial charge in [-0.2, -0.15) is 0 Å². The van der Waals surface area contributed by atoms with E-state index in [1.54, 1.807) is 36.3 Å². The Hall–Kier alpha value is -2.68. The molecule has 8 heteroatoms. The molecule has 2 aromatic carbocycles. The molecule has 1 amide bonds. The lowest BCUT2D eigenvalue weighted by atomic mass is 10.0. The van der Waals surface area contributed by atoms with E-state index in [1.807, 2.05) is 48.7 Å². The molecule has 0 fully saturated rings. The fourth-order valence-electron chi connectivity index (χ4n) is 3.43. The average molecular weight is 473 g/mol. The molecule has 0 aliphatic rings. The minimum atomic E-state index is -3.69. The van der Waals surface area contributed by atoms with Crippen LogP contribution in [0, 0.1) is 13.8 Å². The Kier molecular flexibility index (Phi) is 7.38. The van der Waals surface area contributed by atoms with E-state index in [0.29, 0.717) is 30.0 Å². The van der Waals surface area contributed by atoms with Crippen molar-refractivity contribution >= 4 is 27.3 Å². The van der Waals surface area contributed by atoms with Gasteiger partial charge in [0, 0.05) is 30.1 Å². The maximum absolute atomic E-state index is 13.7. The number of amides is 1. The highest BCUT2D eigenvalue weighted by atomic mass is 32.2. The summed E-state index contributed by atoms with van der Waals surface area (Å²) in [6.45, 7) is 4.34. The molecule has 0 unspecified atom stereocenters. The summed E-state index contributed by atoms with van der Waals surface area (Å²) in [4.78, 5) is 16.6. The lowest BCUT2D eigenvalue weighted by Crippen LogP contribution is -2.31. The van der Waals surface area contributed by atoms with E-state index < -0.39 is 10.0 Å². The third-order valence-corrected chi connectivity index (χ3v) is 8.20. The van der Waals surface area contributed by atoms with Gasteiger partial charge in [-0.25, -0.2) is 12.7 Å². The number of para-hydroxylation sites is 1. The second-order valence-corrected chi connectivity index (χ2v) is 10.9. The van der Waals surface area contributed by atoms with Gasteiger partial charge in [-0.3, -0.25) is 4.79 Å². The zero-order chi connectivity index (χ0) is 23.5. The number of sulfonamides is 1. The standard InChI is InChI=1S/C24H28N2O4S2/c1-17-13-20(14-23(18(17)2)32(28,29)25(3)4)24(27)26(16-21-10-8-12-31-21)15-19-9-6-7-11-22(19)30-5/h6-14H,15-16H2,1-5H3. The van der Waals surface area contributed by atoms with Gasteiger partial charge in [0.25, 0.3) is 5.91 Å². The maximum Gasteiger partial charge on any atom is 0.254 e. The zero-order valence-corrected chi connectivity index (χ0v) is 20.6. The van der Waals surface area contributed by atoms with Gasteiger partial charge in [0.1, 0.15) is 5.75 Å². The number of hydrogen-bond donors (Lipinski definition) is 0. The van der Waals surface area contributed by atoms with Crippen molar-refractivity contribution in [2.24, 2.45) is 0 Å². The molecule has 0 saturated heterocycles. The van der Waals surface area contributed by atoms with Crippen LogP contribution >= 0.6 is 11.3 Å². The first kappa shape index (κ1) is 24.0. The molecule has 6 nitrogen and oxygen atoms in total. The van der Waals surface area contributed by atoms with Crippen molar-refractivity contribution in [2.45, 2.75) is 31.8 Å². The van der Waals surface area contributed by atoms with Crippen molar-refractivity contribution in [3.63, 3.8) is 0 Å². The molecule has 0 bridgehead atoms. The normalized spacial score (nSPS) is 11.6. The largest absolute Gasteiger partial charge is 0.496 e. The molecule has 0 atom stereocenters. The topological polar surface area (TPSA) is 66.9 Å².